The number of fused-ring (bicyclic) bond motifs is 1. The van der Waals surface area contributed by atoms with Crippen molar-refractivity contribution in [2.75, 3.05) is 5.32 Å². The summed E-state index contributed by atoms with van der Waals surface area (Å²) in [6, 6.07) is 3.28. The minimum absolute atomic E-state index is 0.259. The Labute approximate surface area is 140 Å². The summed E-state index contributed by atoms with van der Waals surface area (Å²) in [7, 11) is 0. The molecule has 0 aliphatic rings. The summed E-state index contributed by atoms with van der Waals surface area (Å²) >= 11 is 17.9. The third-order valence-corrected chi connectivity index (χ3v) is 5.13. The van der Waals surface area contributed by atoms with Gasteiger partial charge in [-0.15, -0.1) is 11.3 Å². The van der Waals surface area contributed by atoms with E-state index in [0.29, 0.717) is 32.3 Å². The molecule has 0 bridgehead atoms. The largest absolute Gasteiger partial charge is 0.319 e. The maximum absolute atomic E-state index is 12.2. The highest BCUT2D eigenvalue weighted by molar-refractivity contribution is 9.11. The molecule has 1 aromatic carbocycles. The van der Waals surface area contributed by atoms with Gasteiger partial charge in [0.05, 0.1) is 36.8 Å². The Kier molecular flexibility index (Phi) is 3.96. The normalized spacial score (nSPS) is 10.9. The summed E-state index contributed by atoms with van der Waals surface area (Å²) in [5.74, 6) is -0.259. The van der Waals surface area contributed by atoms with Gasteiger partial charge in [-0.2, -0.15) is 8.75 Å². The second kappa shape index (κ2) is 5.57. The standard InChI is InChI=1S/C11H4BrCl2N3OS2/c12-7-1-4(3-19-7)11(18)15-8-5(13)2-6(14)9-10(8)17-20-16-9/h1-3H,(H,15,18). The smallest absolute Gasteiger partial charge is 0.256 e. The van der Waals surface area contributed by atoms with Crippen LogP contribution in [0.3, 0.4) is 0 Å². The number of rotatable bonds is 2. The number of benzene rings is 1. The summed E-state index contributed by atoms with van der Waals surface area (Å²) in [6.45, 7) is 0. The number of thiophene rings is 1. The Morgan fingerprint density at radius 3 is 2.65 bits per heavy atom. The van der Waals surface area contributed by atoms with Gasteiger partial charge < -0.3 is 5.32 Å². The van der Waals surface area contributed by atoms with Gasteiger partial charge in [-0.3, -0.25) is 4.79 Å². The molecular formula is C11H4BrCl2N3OS2. The molecule has 3 rings (SSSR count). The van der Waals surface area contributed by atoms with Gasteiger partial charge in [-0.05, 0) is 28.1 Å². The minimum Gasteiger partial charge on any atom is -0.319 e. The molecular weight excluding hydrogens is 405 g/mol. The van der Waals surface area contributed by atoms with E-state index in [1.807, 2.05) is 0 Å². The van der Waals surface area contributed by atoms with Crippen LogP contribution in [0, 0.1) is 0 Å². The van der Waals surface area contributed by atoms with E-state index in [4.69, 9.17) is 23.2 Å². The number of hydrogen-bond donors (Lipinski definition) is 1. The Hall–Kier alpha value is -0.730. The zero-order valence-electron chi connectivity index (χ0n) is 9.49. The number of aromatic nitrogens is 2. The average molecular weight is 409 g/mol. The Bertz CT molecular complexity index is 817. The van der Waals surface area contributed by atoms with Crippen molar-refractivity contribution < 1.29 is 4.79 Å². The first-order valence-corrected chi connectivity index (χ1v) is 8.38. The maximum Gasteiger partial charge on any atom is 0.256 e. The van der Waals surface area contributed by atoms with Crippen molar-refractivity contribution in [3.8, 4) is 0 Å². The first-order valence-electron chi connectivity index (χ1n) is 5.22. The van der Waals surface area contributed by atoms with Crippen LogP contribution in [-0.4, -0.2) is 14.7 Å². The summed E-state index contributed by atoms with van der Waals surface area (Å²) < 4.78 is 9.10. The van der Waals surface area contributed by atoms with Crippen LogP contribution in [0.15, 0.2) is 21.3 Å². The van der Waals surface area contributed by atoms with Crippen molar-refractivity contribution in [1.29, 1.82) is 0 Å². The lowest BCUT2D eigenvalue weighted by molar-refractivity contribution is 0.102. The summed E-state index contributed by atoms with van der Waals surface area (Å²) in [5.41, 5.74) is 1.99. The van der Waals surface area contributed by atoms with Crippen molar-refractivity contribution >= 4 is 84.8 Å². The highest BCUT2D eigenvalue weighted by Crippen LogP contribution is 2.35. The molecule has 0 spiro atoms. The lowest BCUT2D eigenvalue weighted by Gasteiger charge is -2.07. The molecule has 4 nitrogen and oxygen atoms in total. The first-order chi connectivity index (χ1) is 9.56. The molecule has 0 fully saturated rings. The zero-order valence-corrected chi connectivity index (χ0v) is 14.2. The van der Waals surface area contributed by atoms with Crippen LogP contribution in [0.2, 0.25) is 10.0 Å². The summed E-state index contributed by atoms with van der Waals surface area (Å²) in [4.78, 5) is 12.2. The predicted molar refractivity (Wildman–Crippen MR) is 87.4 cm³/mol. The molecule has 102 valence electrons. The van der Waals surface area contributed by atoms with E-state index in [2.05, 4.69) is 30.0 Å². The van der Waals surface area contributed by atoms with Crippen LogP contribution in [-0.2, 0) is 0 Å². The highest BCUT2D eigenvalue weighted by Gasteiger charge is 2.17. The predicted octanol–water partition coefficient (Wildman–Crippen LogP) is 5.07. The molecule has 0 aliphatic carbocycles. The number of carbonyl (C=O) groups excluding carboxylic acids is 1. The number of carbonyl (C=O) groups is 1. The van der Waals surface area contributed by atoms with Crippen molar-refractivity contribution in [2.24, 2.45) is 0 Å². The van der Waals surface area contributed by atoms with Crippen molar-refractivity contribution in [2.45, 2.75) is 0 Å². The summed E-state index contributed by atoms with van der Waals surface area (Å²) in [5, 5.41) is 5.25. The third kappa shape index (κ3) is 2.56. The van der Waals surface area contributed by atoms with Crippen LogP contribution in [0.5, 0.6) is 0 Å². The summed E-state index contributed by atoms with van der Waals surface area (Å²) in [6.07, 6.45) is 0. The van der Waals surface area contributed by atoms with Crippen LogP contribution >= 0.6 is 62.2 Å². The van der Waals surface area contributed by atoms with E-state index in [9.17, 15) is 4.79 Å². The van der Waals surface area contributed by atoms with Gasteiger partial charge in [-0.25, -0.2) is 0 Å². The Morgan fingerprint density at radius 1 is 1.20 bits per heavy atom. The van der Waals surface area contributed by atoms with Crippen molar-refractivity contribution in [1.82, 2.24) is 8.75 Å². The quantitative estimate of drug-likeness (QED) is 0.643. The SMILES string of the molecule is O=C(Nc1c(Cl)cc(Cl)c2nsnc12)c1csc(Br)c1. The van der Waals surface area contributed by atoms with Gasteiger partial charge in [0.2, 0.25) is 0 Å². The van der Waals surface area contributed by atoms with Crippen molar-refractivity contribution in [3.63, 3.8) is 0 Å². The van der Waals surface area contributed by atoms with Crippen molar-refractivity contribution in [3.05, 3.63) is 36.9 Å². The second-order valence-electron chi connectivity index (χ2n) is 3.77. The highest BCUT2D eigenvalue weighted by atomic mass is 79.9. The van der Waals surface area contributed by atoms with E-state index in [0.717, 1.165) is 15.5 Å². The van der Waals surface area contributed by atoms with Gasteiger partial charge >= 0.3 is 0 Å². The molecule has 0 saturated heterocycles. The van der Waals surface area contributed by atoms with Crippen LogP contribution < -0.4 is 5.32 Å². The van der Waals surface area contributed by atoms with Crippen LogP contribution in [0.25, 0.3) is 11.0 Å². The minimum atomic E-state index is -0.259. The Morgan fingerprint density at radius 2 is 1.95 bits per heavy atom. The van der Waals surface area contributed by atoms with E-state index in [1.165, 1.54) is 11.3 Å². The second-order valence-corrected chi connectivity index (χ2v) is 7.40. The number of anilines is 1. The zero-order chi connectivity index (χ0) is 14.3. The molecule has 0 unspecified atom stereocenters. The van der Waals surface area contributed by atoms with E-state index >= 15 is 0 Å². The molecule has 2 heterocycles. The topological polar surface area (TPSA) is 54.9 Å². The monoisotopic (exact) mass is 407 g/mol. The van der Waals surface area contributed by atoms with Gasteiger partial charge in [0.15, 0.2) is 0 Å². The maximum atomic E-state index is 12.2. The number of amides is 1. The lowest BCUT2D eigenvalue weighted by Crippen LogP contribution is -2.11. The molecule has 0 aliphatic heterocycles. The molecule has 0 atom stereocenters. The molecule has 2 aromatic heterocycles. The Balaban J connectivity index is 2.02. The van der Waals surface area contributed by atoms with E-state index in [-0.39, 0.29) is 5.91 Å². The lowest BCUT2D eigenvalue weighted by atomic mass is 10.2. The van der Waals surface area contributed by atoms with Gasteiger partial charge in [0, 0.05) is 5.38 Å². The number of halogens is 3. The molecule has 20 heavy (non-hydrogen) atoms. The van der Waals surface area contributed by atoms with E-state index < -0.39 is 0 Å². The fourth-order valence-corrected chi connectivity index (χ4v) is 3.90. The van der Waals surface area contributed by atoms with Gasteiger partial charge in [0.25, 0.3) is 5.91 Å². The molecule has 9 heteroatoms. The fourth-order valence-electron chi connectivity index (χ4n) is 1.61. The van der Waals surface area contributed by atoms with Crippen LogP contribution in [0.1, 0.15) is 10.4 Å². The molecule has 0 saturated carbocycles. The number of nitrogens with one attached hydrogen (secondary N) is 1. The number of hydrogen-bond acceptors (Lipinski definition) is 5. The third-order valence-electron chi connectivity index (χ3n) is 2.51. The molecule has 0 radical (unpaired) electrons. The number of nitrogens with zero attached hydrogens (tertiary/aromatic N) is 2. The average Bonchev–Trinajstić information content (AvgIpc) is 3.02. The molecule has 1 amide bonds. The molecule has 3 aromatic rings. The van der Waals surface area contributed by atoms with E-state index in [1.54, 1.807) is 17.5 Å². The van der Waals surface area contributed by atoms with Crippen LogP contribution in [0.4, 0.5) is 5.69 Å². The fraction of sp³-hybridized carbons (Fsp3) is 0. The first kappa shape index (κ1) is 14.2. The van der Waals surface area contributed by atoms with Gasteiger partial charge in [-0.1, -0.05) is 23.2 Å². The van der Waals surface area contributed by atoms with Gasteiger partial charge in [0.1, 0.15) is 11.0 Å². The molecule has 1 N–H and O–H groups in total.